The molecule has 2 aromatic heterocycles. The highest BCUT2D eigenvalue weighted by molar-refractivity contribution is 9.10. The summed E-state index contributed by atoms with van der Waals surface area (Å²) in [5.74, 6) is -0.177. The Kier molecular flexibility index (Phi) is 4.30. The summed E-state index contributed by atoms with van der Waals surface area (Å²) in [4.78, 5) is 29.0. The molecule has 4 rings (SSSR count). The Balaban J connectivity index is 1.53. The number of para-hydroxylation sites is 1. The van der Waals surface area contributed by atoms with Gasteiger partial charge in [0.15, 0.2) is 0 Å². The molecule has 0 saturated heterocycles. The number of hydrogen-bond acceptors (Lipinski definition) is 4. The number of amides is 1. The number of nitrogens with one attached hydrogen (secondary N) is 1. The molecule has 2 aromatic carbocycles. The molecule has 0 bridgehead atoms. The summed E-state index contributed by atoms with van der Waals surface area (Å²) in [5.41, 5.74) is 1.79. The molecule has 26 heavy (non-hydrogen) atoms. The minimum atomic E-state index is -0.289. The summed E-state index contributed by atoms with van der Waals surface area (Å²) in [6.45, 7) is 0.223. The topological polar surface area (TPSA) is 77.1 Å². The number of carbonyl (C=O) groups excluding carboxylic acids is 1. The van der Waals surface area contributed by atoms with Crippen molar-refractivity contribution in [2.24, 2.45) is 0 Å². The van der Waals surface area contributed by atoms with Crippen LogP contribution in [0.15, 0.2) is 68.5 Å². The van der Waals surface area contributed by atoms with Crippen LogP contribution < -0.4 is 10.9 Å². The number of anilines is 1. The van der Waals surface area contributed by atoms with Gasteiger partial charge in [0.25, 0.3) is 5.56 Å². The normalized spacial score (nSPS) is 11.1. The van der Waals surface area contributed by atoms with Crippen molar-refractivity contribution in [3.05, 3.63) is 69.7 Å². The second kappa shape index (κ2) is 6.76. The predicted molar refractivity (Wildman–Crippen MR) is 103 cm³/mol. The molecule has 130 valence electrons. The van der Waals surface area contributed by atoms with Crippen molar-refractivity contribution >= 4 is 49.6 Å². The van der Waals surface area contributed by atoms with Crippen molar-refractivity contribution < 1.29 is 9.21 Å². The van der Waals surface area contributed by atoms with Crippen LogP contribution in [0.5, 0.6) is 0 Å². The lowest BCUT2D eigenvalue weighted by atomic mass is 10.2. The molecule has 0 aliphatic carbocycles. The van der Waals surface area contributed by atoms with Crippen molar-refractivity contribution in [3.63, 3.8) is 0 Å². The van der Waals surface area contributed by atoms with Gasteiger partial charge in [0.05, 0.1) is 6.33 Å². The Morgan fingerprint density at radius 2 is 1.92 bits per heavy atom. The lowest BCUT2D eigenvalue weighted by molar-refractivity contribution is -0.116. The molecule has 1 N–H and O–H groups in total. The third kappa shape index (κ3) is 3.13. The van der Waals surface area contributed by atoms with Crippen molar-refractivity contribution in [3.8, 4) is 0 Å². The van der Waals surface area contributed by atoms with Crippen molar-refractivity contribution in [1.29, 1.82) is 0 Å². The molecule has 6 nitrogen and oxygen atoms in total. The van der Waals surface area contributed by atoms with E-state index in [4.69, 9.17) is 4.42 Å². The average Bonchev–Trinajstić information content (AvgIpc) is 3.03. The molecule has 0 fully saturated rings. The second-order valence-corrected chi connectivity index (χ2v) is 6.74. The Morgan fingerprint density at radius 1 is 1.15 bits per heavy atom. The smallest absolute Gasteiger partial charge is 0.297 e. The quantitative estimate of drug-likeness (QED) is 0.551. The van der Waals surface area contributed by atoms with Crippen LogP contribution in [0.4, 0.5) is 5.69 Å². The van der Waals surface area contributed by atoms with Gasteiger partial charge < -0.3 is 9.73 Å². The zero-order valence-corrected chi connectivity index (χ0v) is 15.2. The molecule has 0 aliphatic heterocycles. The molecule has 0 radical (unpaired) electrons. The van der Waals surface area contributed by atoms with E-state index in [1.165, 1.54) is 10.9 Å². The number of halogens is 1. The van der Waals surface area contributed by atoms with Crippen LogP contribution in [-0.2, 0) is 11.3 Å². The molecule has 1 amide bonds. The van der Waals surface area contributed by atoms with Gasteiger partial charge >= 0.3 is 0 Å². The van der Waals surface area contributed by atoms with E-state index >= 15 is 0 Å². The van der Waals surface area contributed by atoms with Crippen molar-refractivity contribution in [2.45, 2.75) is 13.0 Å². The lowest BCUT2D eigenvalue weighted by Crippen LogP contribution is -2.23. The molecule has 0 unspecified atom stereocenters. The fourth-order valence-electron chi connectivity index (χ4n) is 2.75. The fraction of sp³-hybridized carbons (Fsp3) is 0.105. The van der Waals surface area contributed by atoms with Gasteiger partial charge in [-0.2, -0.15) is 0 Å². The third-order valence-electron chi connectivity index (χ3n) is 4.06. The zero-order valence-electron chi connectivity index (χ0n) is 13.6. The van der Waals surface area contributed by atoms with Crippen LogP contribution in [0.25, 0.3) is 22.1 Å². The van der Waals surface area contributed by atoms with Gasteiger partial charge in [-0.05, 0) is 36.4 Å². The number of aromatic nitrogens is 2. The Bertz CT molecular complexity index is 1160. The highest BCUT2D eigenvalue weighted by atomic mass is 79.9. The minimum Gasteiger partial charge on any atom is -0.448 e. The SMILES string of the molecule is O=C(CCn1cnc2c(oc3ccccc32)c1=O)Nc1ccc(Br)cc1. The van der Waals surface area contributed by atoms with Gasteiger partial charge in [-0.3, -0.25) is 14.2 Å². The highest BCUT2D eigenvalue weighted by Crippen LogP contribution is 2.24. The Hall–Kier alpha value is -2.93. The molecular weight excluding hydrogens is 398 g/mol. The summed E-state index contributed by atoms with van der Waals surface area (Å²) >= 11 is 3.35. The minimum absolute atomic E-state index is 0.156. The maximum atomic E-state index is 12.6. The molecule has 4 aromatic rings. The number of benzene rings is 2. The van der Waals surface area contributed by atoms with E-state index < -0.39 is 0 Å². The first-order valence-corrected chi connectivity index (χ1v) is 8.83. The van der Waals surface area contributed by atoms with Crippen LogP contribution in [0.3, 0.4) is 0 Å². The number of furan rings is 1. The van der Waals surface area contributed by atoms with Crippen LogP contribution in [-0.4, -0.2) is 15.5 Å². The lowest BCUT2D eigenvalue weighted by Gasteiger charge is -2.07. The number of nitrogens with zero attached hydrogens (tertiary/aromatic N) is 2. The average molecular weight is 412 g/mol. The summed E-state index contributed by atoms with van der Waals surface area (Å²) in [5, 5.41) is 3.60. The Morgan fingerprint density at radius 3 is 2.73 bits per heavy atom. The number of carbonyl (C=O) groups is 1. The van der Waals surface area contributed by atoms with E-state index in [0.717, 1.165) is 9.86 Å². The highest BCUT2D eigenvalue weighted by Gasteiger charge is 2.13. The molecule has 0 saturated carbocycles. The number of hydrogen-bond donors (Lipinski definition) is 1. The molecule has 0 spiro atoms. The number of fused-ring (bicyclic) bond motifs is 3. The third-order valence-corrected chi connectivity index (χ3v) is 4.59. The van der Waals surface area contributed by atoms with E-state index in [-0.39, 0.29) is 30.0 Å². The first-order valence-electron chi connectivity index (χ1n) is 8.04. The van der Waals surface area contributed by atoms with E-state index in [1.807, 2.05) is 30.3 Å². The van der Waals surface area contributed by atoms with E-state index in [2.05, 4.69) is 26.2 Å². The molecular formula is C19H14BrN3O3. The first kappa shape index (κ1) is 16.5. The zero-order chi connectivity index (χ0) is 18.1. The molecule has 0 aliphatic rings. The van der Waals surface area contributed by atoms with Crippen molar-refractivity contribution in [1.82, 2.24) is 9.55 Å². The van der Waals surface area contributed by atoms with Gasteiger partial charge in [-0.25, -0.2) is 4.98 Å². The van der Waals surface area contributed by atoms with Gasteiger partial charge in [0.2, 0.25) is 11.5 Å². The Labute approximate surface area is 156 Å². The summed E-state index contributed by atoms with van der Waals surface area (Å²) in [6.07, 6.45) is 1.61. The largest absolute Gasteiger partial charge is 0.448 e. The van der Waals surface area contributed by atoms with Gasteiger partial charge in [0.1, 0.15) is 11.1 Å². The predicted octanol–water partition coefficient (Wildman–Crippen LogP) is 3.93. The summed E-state index contributed by atoms with van der Waals surface area (Å²) in [6, 6.07) is 14.7. The summed E-state index contributed by atoms with van der Waals surface area (Å²) in [7, 11) is 0. The second-order valence-electron chi connectivity index (χ2n) is 5.82. The molecule has 7 heteroatoms. The maximum absolute atomic E-state index is 12.6. The molecule has 0 atom stereocenters. The van der Waals surface area contributed by atoms with E-state index in [0.29, 0.717) is 16.8 Å². The monoisotopic (exact) mass is 411 g/mol. The van der Waals surface area contributed by atoms with Crippen molar-refractivity contribution in [2.75, 3.05) is 5.32 Å². The van der Waals surface area contributed by atoms with Crippen LogP contribution in [0, 0.1) is 0 Å². The van der Waals surface area contributed by atoms with Gasteiger partial charge in [-0.1, -0.05) is 28.1 Å². The number of rotatable bonds is 4. The maximum Gasteiger partial charge on any atom is 0.297 e. The van der Waals surface area contributed by atoms with Gasteiger partial charge in [0, 0.05) is 28.5 Å². The van der Waals surface area contributed by atoms with Crippen LogP contribution in [0.1, 0.15) is 6.42 Å². The number of aryl methyl sites for hydroxylation is 1. The van der Waals surface area contributed by atoms with E-state index in [1.54, 1.807) is 18.2 Å². The first-order chi connectivity index (χ1) is 12.6. The summed E-state index contributed by atoms with van der Waals surface area (Å²) < 4.78 is 7.97. The fourth-order valence-corrected chi connectivity index (χ4v) is 3.02. The van der Waals surface area contributed by atoms with Gasteiger partial charge in [-0.15, -0.1) is 0 Å². The van der Waals surface area contributed by atoms with Crippen LogP contribution >= 0.6 is 15.9 Å². The molecule has 2 heterocycles. The van der Waals surface area contributed by atoms with E-state index in [9.17, 15) is 9.59 Å². The van der Waals surface area contributed by atoms with Crippen LogP contribution in [0.2, 0.25) is 0 Å². The standard InChI is InChI=1S/C19H14BrN3O3/c20-12-5-7-13(8-6-12)22-16(24)9-10-23-11-21-17-14-3-1-2-4-15(14)26-18(17)19(23)25/h1-8,11H,9-10H2,(H,22,24).